The maximum absolute atomic E-state index is 12.8. The second kappa shape index (κ2) is 8.73. The number of fused-ring (bicyclic) bond motifs is 1. The predicted octanol–water partition coefficient (Wildman–Crippen LogP) is 6.28. The van der Waals surface area contributed by atoms with Crippen LogP contribution in [-0.2, 0) is 0 Å². The highest BCUT2D eigenvalue weighted by molar-refractivity contribution is 7.21. The van der Waals surface area contributed by atoms with Gasteiger partial charge in [-0.05, 0) is 55.5 Å². The zero-order valence-corrected chi connectivity index (χ0v) is 18.0. The molecule has 1 aromatic heterocycles. The Morgan fingerprint density at radius 1 is 1.10 bits per heavy atom. The molecule has 7 heteroatoms. The van der Waals surface area contributed by atoms with Gasteiger partial charge in [0.2, 0.25) is 0 Å². The first-order valence-electron chi connectivity index (χ1n) is 9.36. The van der Waals surface area contributed by atoms with Crippen LogP contribution >= 0.6 is 22.9 Å². The van der Waals surface area contributed by atoms with Gasteiger partial charge in [0.05, 0.1) is 34.6 Å². The van der Waals surface area contributed by atoms with Gasteiger partial charge in [-0.1, -0.05) is 23.7 Å². The summed E-state index contributed by atoms with van der Waals surface area (Å²) in [6, 6.07) is 18.6. The number of hydrogen-bond donors (Lipinski definition) is 1. The molecule has 1 N–H and O–H groups in total. The van der Waals surface area contributed by atoms with Crippen molar-refractivity contribution in [2.75, 3.05) is 19.0 Å². The van der Waals surface area contributed by atoms with E-state index in [2.05, 4.69) is 10.3 Å². The molecule has 4 aromatic rings. The number of para-hydroxylation sites is 1. The van der Waals surface area contributed by atoms with Gasteiger partial charge in [0.25, 0.3) is 5.91 Å². The van der Waals surface area contributed by atoms with Crippen molar-refractivity contribution in [3.05, 3.63) is 71.2 Å². The number of carbonyl (C=O) groups excluding carboxylic acids is 1. The minimum Gasteiger partial charge on any atom is -0.495 e. The van der Waals surface area contributed by atoms with Crippen LogP contribution in [0, 0.1) is 0 Å². The molecule has 0 aliphatic heterocycles. The molecule has 4 rings (SSSR count). The van der Waals surface area contributed by atoms with Crippen LogP contribution in [0.2, 0.25) is 5.02 Å². The number of amides is 1. The molecule has 0 radical (unpaired) electrons. The summed E-state index contributed by atoms with van der Waals surface area (Å²) in [7, 11) is 1.57. The van der Waals surface area contributed by atoms with Gasteiger partial charge in [-0.15, -0.1) is 11.3 Å². The van der Waals surface area contributed by atoms with Crippen LogP contribution in [0.15, 0.2) is 60.7 Å². The molecule has 152 valence electrons. The van der Waals surface area contributed by atoms with Crippen LogP contribution in [0.1, 0.15) is 17.3 Å². The van der Waals surface area contributed by atoms with Crippen molar-refractivity contribution >= 4 is 44.7 Å². The molecule has 1 amide bonds. The normalized spacial score (nSPS) is 10.8. The molecule has 0 spiro atoms. The van der Waals surface area contributed by atoms with Crippen LogP contribution in [0.25, 0.3) is 20.8 Å². The van der Waals surface area contributed by atoms with E-state index in [-0.39, 0.29) is 5.91 Å². The predicted molar refractivity (Wildman–Crippen MR) is 122 cm³/mol. The van der Waals surface area contributed by atoms with E-state index in [1.165, 1.54) is 0 Å². The second-order valence-electron chi connectivity index (χ2n) is 6.43. The summed E-state index contributed by atoms with van der Waals surface area (Å²) in [4.78, 5) is 17.5. The first kappa shape index (κ1) is 20.2. The average Bonchev–Trinajstić information content (AvgIpc) is 3.19. The fraction of sp³-hybridized carbons (Fsp3) is 0.130. The fourth-order valence-corrected chi connectivity index (χ4v) is 4.24. The van der Waals surface area contributed by atoms with E-state index in [1.807, 2.05) is 49.4 Å². The Bertz CT molecular complexity index is 1190. The Morgan fingerprint density at radius 2 is 1.90 bits per heavy atom. The molecule has 3 aromatic carbocycles. The number of ether oxygens (including phenoxy) is 2. The minimum atomic E-state index is -0.292. The summed E-state index contributed by atoms with van der Waals surface area (Å²) in [6.07, 6.45) is 0. The number of anilines is 1. The number of aromatic nitrogens is 1. The van der Waals surface area contributed by atoms with Crippen molar-refractivity contribution in [1.29, 1.82) is 0 Å². The summed E-state index contributed by atoms with van der Waals surface area (Å²) in [6.45, 7) is 2.38. The molecule has 0 aliphatic carbocycles. The van der Waals surface area contributed by atoms with Crippen LogP contribution < -0.4 is 14.8 Å². The molecule has 5 nitrogen and oxygen atoms in total. The van der Waals surface area contributed by atoms with Gasteiger partial charge < -0.3 is 14.8 Å². The van der Waals surface area contributed by atoms with Gasteiger partial charge in [0.1, 0.15) is 16.5 Å². The number of thiazole rings is 1. The lowest BCUT2D eigenvalue weighted by atomic mass is 10.1. The van der Waals surface area contributed by atoms with Gasteiger partial charge >= 0.3 is 0 Å². The molecule has 0 atom stereocenters. The lowest BCUT2D eigenvalue weighted by Gasteiger charge is -2.12. The molecule has 0 bridgehead atoms. The standard InChI is InChI=1S/C23H19ClN2O3S/c1-3-29-19-10-8-14(12-16(19)24)22(27)25-18-13-15(9-11-20(18)28-2)23-26-17-6-4-5-7-21(17)30-23/h4-13H,3H2,1-2H3,(H,25,27). The van der Waals surface area contributed by atoms with Gasteiger partial charge in [-0.3, -0.25) is 4.79 Å². The fourth-order valence-electron chi connectivity index (χ4n) is 3.04. The van der Waals surface area contributed by atoms with E-state index in [1.54, 1.807) is 36.6 Å². The number of benzene rings is 3. The van der Waals surface area contributed by atoms with Crippen LogP contribution in [-0.4, -0.2) is 24.6 Å². The van der Waals surface area contributed by atoms with Crippen molar-refractivity contribution < 1.29 is 14.3 Å². The Balaban J connectivity index is 1.64. The Morgan fingerprint density at radius 3 is 2.63 bits per heavy atom. The lowest BCUT2D eigenvalue weighted by Crippen LogP contribution is -2.13. The highest BCUT2D eigenvalue weighted by atomic mass is 35.5. The van der Waals surface area contributed by atoms with Crippen molar-refractivity contribution in [2.24, 2.45) is 0 Å². The first-order chi connectivity index (χ1) is 14.6. The third kappa shape index (κ3) is 4.10. The van der Waals surface area contributed by atoms with Crippen LogP contribution in [0.4, 0.5) is 5.69 Å². The van der Waals surface area contributed by atoms with Crippen molar-refractivity contribution in [3.63, 3.8) is 0 Å². The van der Waals surface area contributed by atoms with E-state index in [0.717, 1.165) is 20.8 Å². The summed E-state index contributed by atoms with van der Waals surface area (Å²) < 4.78 is 12.0. The number of carbonyl (C=O) groups is 1. The lowest BCUT2D eigenvalue weighted by molar-refractivity contribution is 0.102. The Hall–Kier alpha value is -3.09. The number of rotatable bonds is 6. The molecule has 0 saturated carbocycles. The quantitative estimate of drug-likeness (QED) is 0.385. The maximum atomic E-state index is 12.8. The van der Waals surface area contributed by atoms with E-state index in [9.17, 15) is 4.79 Å². The van der Waals surface area contributed by atoms with Gasteiger partial charge in [0.15, 0.2) is 0 Å². The number of nitrogens with one attached hydrogen (secondary N) is 1. The molecular weight excluding hydrogens is 420 g/mol. The molecule has 30 heavy (non-hydrogen) atoms. The first-order valence-corrected chi connectivity index (χ1v) is 10.6. The van der Waals surface area contributed by atoms with E-state index in [4.69, 9.17) is 21.1 Å². The van der Waals surface area contributed by atoms with E-state index in [0.29, 0.717) is 34.4 Å². The molecule has 1 heterocycles. The number of nitrogens with zero attached hydrogens (tertiary/aromatic N) is 1. The highest BCUT2D eigenvalue weighted by Gasteiger charge is 2.14. The SMILES string of the molecule is CCOc1ccc(C(=O)Nc2cc(-c3nc4ccccc4s3)ccc2OC)cc1Cl. The number of methoxy groups -OCH3 is 1. The summed E-state index contributed by atoms with van der Waals surface area (Å²) in [5, 5.41) is 4.18. The monoisotopic (exact) mass is 438 g/mol. The Kier molecular flexibility index (Phi) is 5.88. The largest absolute Gasteiger partial charge is 0.495 e. The number of hydrogen-bond acceptors (Lipinski definition) is 5. The smallest absolute Gasteiger partial charge is 0.255 e. The van der Waals surface area contributed by atoms with Crippen molar-refractivity contribution in [1.82, 2.24) is 4.98 Å². The average molecular weight is 439 g/mol. The van der Waals surface area contributed by atoms with Crippen molar-refractivity contribution in [2.45, 2.75) is 6.92 Å². The molecule has 0 unspecified atom stereocenters. The summed E-state index contributed by atoms with van der Waals surface area (Å²) in [5.74, 6) is 0.816. The zero-order valence-electron chi connectivity index (χ0n) is 16.4. The third-order valence-corrected chi connectivity index (χ3v) is 5.86. The molecular formula is C23H19ClN2O3S. The highest BCUT2D eigenvalue weighted by Crippen LogP contribution is 2.35. The van der Waals surface area contributed by atoms with Gasteiger partial charge in [-0.25, -0.2) is 4.98 Å². The topological polar surface area (TPSA) is 60.5 Å². The van der Waals surface area contributed by atoms with E-state index >= 15 is 0 Å². The summed E-state index contributed by atoms with van der Waals surface area (Å²) in [5.41, 5.74) is 2.83. The third-order valence-electron chi connectivity index (χ3n) is 4.48. The van der Waals surface area contributed by atoms with Crippen LogP contribution in [0.5, 0.6) is 11.5 Å². The van der Waals surface area contributed by atoms with Gasteiger partial charge in [0, 0.05) is 11.1 Å². The second-order valence-corrected chi connectivity index (χ2v) is 7.87. The van der Waals surface area contributed by atoms with E-state index < -0.39 is 0 Å². The summed E-state index contributed by atoms with van der Waals surface area (Å²) >= 11 is 7.82. The number of halogens is 1. The van der Waals surface area contributed by atoms with Crippen molar-refractivity contribution in [3.8, 4) is 22.1 Å². The van der Waals surface area contributed by atoms with Gasteiger partial charge in [-0.2, -0.15) is 0 Å². The molecule has 0 saturated heterocycles. The zero-order chi connectivity index (χ0) is 21.1. The Labute approximate surface area is 183 Å². The minimum absolute atomic E-state index is 0.292. The maximum Gasteiger partial charge on any atom is 0.255 e. The molecule has 0 fully saturated rings. The molecule has 0 aliphatic rings. The van der Waals surface area contributed by atoms with Crippen LogP contribution in [0.3, 0.4) is 0 Å².